The van der Waals surface area contributed by atoms with Crippen molar-refractivity contribution in [3.63, 3.8) is 0 Å². The Morgan fingerprint density at radius 3 is 2.71 bits per heavy atom. The van der Waals surface area contributed by atoms with Crippen LogP contribution in [-0.4, -0.2) is 66.9 Å². The van der Waals surface area contributed by atoms with Gasteiger partial charge in [-0.3, -0.25) is 9.89 Å². The summed E-state index contributed by atoms with van der Waals surface area (Å²) in [5.74, 6) is 2.09. The maximum Gasteiger partial charge on any atom is 0.191 e. The van der Waals surface area contributed by atoms with Crippen LogP contribution < -0.4 is 15.4 Å². The van der Waals surface area contributed by atoms with Crippen LogP contribution in [0.25, 0.3) is 0 Å². The molecular formula is C21H37IN4O2. The van der Waals surface area contributed by atoms with E-state index in [2.05, 4.69) is 41.3 Å². The van der Waals surface area contributed by atoms with Crippen LogP contribution in [0.4, 0.5) is 0 Å². The molecule has 7 heteroatoms. The van der Waals surface area contributed by atoms with Crippen molar-refractivity contribution in [3.05, 3.63) is 29.8 Å². The van der Waals surface area contributed by atoms with Crippen molar-refractivity contribution >= 4 is 29.9 Å². The Bertz CT molecular complexity index is 612. The van der Waals surface area contributed by atoms with Crippen molar-refractivity contribution in [2.24, 2.45) is 10.9 Å². The summed E-state index contributed by atoms with van der Waals surface area (Å²) in [5.41, 5.74) is 1.14. The number of hydrogen-bond donors (Lipinski definition) is 3. The quantitative estimate of drug-likeness (QED) is 0.289. The average Bonchev–Trinajstić information content (AvgIpc) is 2.99. The highest BCUT2D eigenvalue weighted by Crippen LogP contribution is 2.18. The van der Waals surface area contributed by atoms with Crippen LogP contribution in [-0.2, 0) is 0 Å². The van der Waals surface area contributed by atoms with Crippen LogP contribution in [0.5, 0.6) is 5.75 Å². The van der Waals surface area contributed by atoms with Crippen molar-refractivity contribution in [1.82, 2.24) is 15.5 Å². The fourth-order valence-electron chi connectivity index (χ4n) is 3.26. The number of nitrogens with one attached hydrogen (secondary N) is 2. The van der Waals surface area contributed by atoms with E-state index < -0.39 is 6.10 Å². The minimum atomic E-state index is -0.644. The van der Waals surface area contributed by atoms with E-state index in [4.69, 9.17) is 4.74 Å². The molecule has 1 aromatic rings. The number of aliphatic hydroxyl groups is 1. The van der Waals surface area contributed by atoms with E-state index in [1.54, 1.807) is 0 Å². The first kappa shape index (κ1) is 25.0. The predicted molar refractivity (Wildman–Crippen MR) is 127 cm³/mol. The van der Waals surface area contributed by atoms with Gasteiger partial charge in [0, 0.05) is 31.7 Å². The highest BCUT2D eigenvalue weighted by Gasteiger charge is 2.31. The van der Waals surface area contributed by atoms with Crippen LogP contribution in [0, 0.1) is 12.8 Å². The molecule has 1 aliphatic rings. The smallest absolute Gasteiger partial charge is 0.191 e. The molecule has 3 N–H and O–H groups in total. The van der Waals surface area contributed by atoms with Gasteiger partial charge in [0.15, 0.2) is 5.96 Å². The Balaban J connectivity index is 0.00000392. The standard InChI is InChI=1S/C21H36N4O2.HI/c1-6-22-21(24-20-13-25(15(2)3)12-17(20)5)23-11-18(26)14-27-19-9-7-8-16(4)10-19;/h7-10,15,17-18,20,26H,6,11-14H2,1-5H3,(H2,22,23,24);1H. The first-order valence-electron chi connectivity index (χ1n) is 10.1. The summed E-state index contributed by atoms with van der Waals surface area (Å²) in [5, 5.41) is 17.0. The van der Waals surface area contributed by atoms with Gasteiger partial charge in [-0.1, -0.05) is 19.1 Å². The lowest BCUT2D eigenvalue weighted by atomic mass is 10.1. The lowest BCUT2D eigenvalue weighted by Crippen LogP contribution is -2.47. The largest absolute Gasteiger partial charge is 0.491 e. The molecule has 1 aromatic carbocycles. The molecule has 0 aliphatic carbocycles. The van der Waals surface area contributed by atoms with Crippen LogP contribution in [0.1, 0.15) is 33.3 Å². The number of guanidine groups is 1. The van der Waals surface area contributed by atoms with E-state index in [1.165, 1.54) is 0 Å². The van der Waals surface area contributed by atoms with Crippen molar-refractivity contribution < 1.29 is 9.84 Å². The number of halogens is 1. The number of hydrogen-bond acceptors (Lipinski definition) is 4. The molecule has 6 nitrogen and oxygen atoms in total. The maximum absolute atomic E-state index is 10.2. The van der Waals surface area contributed by atoms with Gasteiger partial charge in [0.05, 0.1) is 6.54 Å². The molecule has 0 bridgehead atoms. The second-order valence-corrected chi connectivity index (χ2v) is 7.78. The zero-order chi connectivity index (χ0) is 19.8. The second kappa shape index (κ2) is 12.5. The number of aliphatic imine (C=N–C) groups is 1. The molecule has 1 fully saturated rings. The van der Waals surface area contributed by atoms with E-state index in [0.717, 1.165) is 36.9 Å². The molecule has 1 saturated heterocycles. The minimum Gasteiger partial charge on any atom is -0.491 e. The summed E-state index contributed by atoms with van der Waals surface area (Å²) in [6.45, 7) is 14.2. The second-order valence-electron chi connectivity index (χ2n) is 7.78. The third kappa shape index (κ3) is 8.13. The normalized spacial score (nSPS) is 21.3. The Labute approximate surface area is 187 Å². The number of nitrogens with zero attached hydrogens (tertiary/aromatic N) is 2. The molecule has 1 aliphatic heterocycles. The molecule has 3 atom stereocenters. The van der Waals surface area contributed by atoms with Crippen LogP contribution in [0.3, 0.4) is 0 Å². The van der Waals surface area contributed by atoms with Crippen molar-refractivity contribution in [2.75, 3.05) is 32.8 Å². The molecule has 0 spiro atoms. The van der Waals surface area contributed by atoms with Gasteiger partial charge in [-0.05, 0) is 51.3 Å². The Kier molecular flexibility index (Phi) is 11.1. The van der Waals surface area contributed by atoms with E-state index in [9.17, 15) is 5.11 Å². The van der Waals surface area contributed by atoms with Crippen molar-refractivity contribution in [2.45, 2.75) is 52.8 Å². The first-order chi connectivity index (χ1) is 12.9. The van der Waals surface area contributed by atoms with Gasteiger partial charge in [0.25, 0.3) is 0 Å². The zero-order valence-electron chi connectivity index (χ0n) is 17.8. The molecule has 2 rings (SSSR count). The van der Waals surface area contributed by atoms with Crippen LogP contribution >= 0.6 is 24.0 Å². The molecular weight excluding hydrogens is 467 g/mol. The summed E-state index contributed by atoms with van der Waals surface area (Å²) in [7, 11) is 0. The third-order valence-corrected chi connectivity index (χ3v) is 4.93. The van der Waals surface area contributed by atoms with E-state index in [0.29, 0.717) is 24.5 Å². The van der Waals surface area contributed by atoms with Gasteiger partial charge in [0.1, 0.15) is 18.5 Å². The summed E-state index contributed by atoms with van der Waals surface area (Å²) in [4.78, 5) is 7.04. The third-order valence-electron chi connectivity index (χ3n) is 4.93. The number of aryl methyl sites for hydroxylation is 1. The first-order valence-corrected chi connectivity index (χ1v) is 10.1. The highest BCUT2D eigenvalue weighted by molar-refractivity contribution is 14.0. The lowest BCUT2D eigenvalue weighted by Gasteiger charge is -2.22. The molecule has 0 amide bonds. The average molecular weight is 504 g/mol. The van der Waals surface area contributed by atoms with Gasteiger partial charge in [-0.2, -0.15) is 0 Å². The number of ether oxygens (including phenoxy) is 1. The van der Waals surface area contributed by atoms with Crippen molar-refractivity contribution in [3.8, 4) is 5.75 Å². The number of likely N-dealkylation sites (tertiary alicyclic amines) is 1. The topological polar surface area (TPSA) is 69.1 Å². The van der Waals surface area contributed by atoms with Gasteiger partial charge < -0.3 is 20.5 Å². The molecule has 1 heterocycles. The molecule has 3 unspecified atom stereocenters. The van der Waals surface area contributed by atoms with E-state index >= 15 is 0 Å². The SMILES string of the molecule is CCNC(=NCC(O)COc1cccc(C)c1)NC1CN(C(C)C)CC1C.I. The lowest BCUT2D eigenvalue weighted by molar-refractivity contribution is 0.114. The molecule has 160 valence electrons. The summed E-state index contributed by atoms with van der Waals surface area (Å²) in [6.07, 6.45) is -0.644. The summed E-state index contributed by atoms with van der Waals surface area (Å²) < 4.78 is 5.67. The summed E-state index contributed by atoms with van der Waals surface area (Å²) >= 11 is 0. The fraction of sp³-hybridized carbons (Fsp3) is 0.667. The minimum absolute atomic E-state index is 0. The molecule has 0 saturated carbocycles. The molecule has 0 aromatic heterocycles. The number of rotatable bonds is 8. The highest BCUT2D eigenvalue weighted by atomic mass is 127. The van der Waals surface area contributed by atoms with Gasteiger partial charge in [-0.15, -0.1) is 24.0 Å². The number of benzene rings is 1. The van der Waals surface area contributed by atoms with Gasteiger partial charge in [-0.25, -0.2) is 0 Å². The van der Waals surface area contributed by atoms with Gasteiger partial charge >= 0.3 is 0 Å². The van der Waals surface area contributed by atoms with Crippen molar-refractivity contribution in [1.29, 1.82) is 0 Å². The van der Waals surface area contributed by atoms with Crippen LogP contribution in [0.2, 0.25) is 0 Å². The molecule has 0 radical (unpaired) electrons. The predicted octanol–water partition coefficient (Wildman–Crippen LogP) is 2.64. The Hall–Kier alpha value is -1.06. The molecule has 28 heavy (non-hydrogen) atoms. The Morgan fingerprint density at radius 2 is 2.11 bits per heavy atom. The van der Waals surface area contributed by atoms with E-state index in [1.807, 2.05) is 38.1 Å². The maximum atomic E-state index is 10.2. The number of aliphatic hydroxyl groups excluding tert-OH is 1. The summed E-state index contributed by atoms with van der Waals surface area (Å²) in [6, 6.07) is 8.75. The van der Waals surface area contributed by atoms with E-state index in [-0.39, 0.29) is 30.6 Å². The van der Waals surface area contributed by atoms with Crippen LogP contribution in [0.15, 0.2) is 29.3 Å². The monoisotopic (exact) mass is 504 g/mol. The zero-order valence-corrected chi connectivity index (χ0v) is 20.1. The van der Waals surface area contributed by atoms with Gasteiger partial charge in [0.2, 0.25) is 0 Å². The Morgan fingerprint density at radius 1 is 1.36 bits per heavy atom. The fourth-order valence-corrected chi connectivity index (χ4v) is 3.26.